The van der Waals surface area contributed by atoms with Gasteiger partial charge in [0, 0.05) is 6.42 Å². The predicted molar refractivity (Wildman–Crippen MR) is 351 cm³/mol. The summed E-state index contributed by atoms with van der Waals surface area (Å²) >= 11 is 0. The van der Waals surface area contributed by atoms with Gasteiger partial charge < -0.3 is 19.8 Å². The minimum atomic E-state index is -4.33. The van der Waals surface area contributed by atoms with Gasteiger partial charge in [0.05, 0.1) is 39.9 Å². The molecule has 0 aromatic rings. The van der Waals surface area contributed by atoms with E-state index in [0.29, 0.717) is 23.9 Å². The summed E-state index contributed by atoms with van der Waals surface area (Å²) in [6.45, 7) is 4.93. The summed E-state index contributed by atoms with van der Waals surface area (Å²) < 4.78 is 23.9. The largest absolute Gasteiger partial charge is 0.472 e. The van der Waals surface area contributed by atoms with Crippen molar-refractivity contribution in [1.82, 2.24) is 5.32 Å². The minimum Gasteiger partial charge on any atom is -0.391 e. The topological polar surface area (TPSA) is 105 Å². The van der Waals surface area contributed by atoms with E-state index in [4.69, 9.17) is 9.05 Å². The Bertz CT molecular complexity index is 1400. The molecule has 0 bridgehead atoms. The van der Waals surface area contributed by atoms with E-state index in [1.54, 1.807) is 0 Å². The summed E-state index contributed by atoms with van der Waals surface area (Å²) in [5.41, 5.74) is 0. The van der Waals surface area contributed by atoms with Gasteiger partial charge in [-0.05, 0) is 51.4 Å². The van der Waals surface area contributed by atoms with Gasteiger partial charge in [-0.15, -0.1) is 0 Å². The second-order valence-corrected chi connectivity index (χ2v) is 27.1. The molecule has 0 heterocycles. The Kier molecular flexibility index (Phi) is 61.3. The molecule has 0 aliphatic heterocycles. The lowest BCUT2D eigenvalue weighted by Gasteiger charge is -2.26. The summed E-state index contributed by atoms with van der Waals surface area (Å²) in [5, 5.41) is 14.1. The lowest BCUT2D eigenvalue weighted by atomic mass is 10.0. The van der Waals surface area contributed by atoms with Crippen molar-refractivity contribution in [2.75, 3.05) is 40.9 Å². The van der Waals surface area contributed by atoms with E-state index in [0.717, 1.165) is 51.4 Å². The van der Waals surface area contributed by atoms with Crippen LogP contribution in [0, 0.1) is 0 Å². The predicted octanol–water partition coefficient (Wildman–Crippen LogP) is 22.4. The zero-order valence-corrected chi connectivity index (χ0v) is 55.2. The molecular weight excluding hydrogens is 1010 g/mol. The number of carbonyl (C=O) groups excluding carboxylic acids is 1. The summed E-state index contributed by atoms with van der Waals surface area (Å²) in [6.07, 6.45) is 82.5. The van der Waals surface area contributed by atoms with Gasteiger partial charge in [-0.2, -0.15) is 0 Å². The highest BCUT2D eigenvalue weighted by Crippen LogP contribution is 2.43. The van der Waals surface area contributed by atoms with Gasteiger partial charge in [-0.3, -0.25) is 13.8 Å². The van der Waals surface area contributed by atoms with Crippen molar-refractivity contribution in [3.05, 3.63) is 36.5 Å². The van der Waals surface area contributed by atoms with Crippen LogP contribution in [0.25, 0.3) is 0 Å². The van der Waals surface area contributed by atoms with Crippen LogP contribution < -0.4 is 5.32 Å². The summed E-state index contributed by atoms with van der Waals surface area (Å²) in [7, 11) is 1.63. The van der Waals surface area contributed by atoms with Gasteiger partial charge in [0.1, 0.15) is 13.2 Å². The van der Waals surface area contributed by atoms with E-state index < -0.39 is 20.0 Å². The Morgan fingerprint density at radius 1 is 0.425 bits per heavy atom. The van der Waals surface area contributed by atoms with Gasteiger partial charge in [0.25, 0.3) is 0 Å². The smallest absolute Gasteiger partial charge is 0.391 e. The van der Waals surface area contributed by atoms with Crippen molar-refractivity contribution in [1.29, 1.82) is 0 Å². The number of phosphoric acid groups is 1. The van der Waals surface area contributed by atoms with E-state index in [9.17, 15) is 19.4 Å². The minimum absolute atomic E-state index is 0.0771. The van der Waals surface area contributed by atoms with Gasteiger partial charge in [-0.25, -0.2) is 4.57 Å². The molecule has 3 atom stereocenters. The maximum atomic E-state index is 13.1. The lowest BCUT2D eigenvalue weighted by molar-refractivity contribution is -0.870. The molecule has 1 amide bonds. The molecule has 0 saturated heterocycles. The summed E-state index contributed by atoms with van der Waals surface area (Å²) in [4.78, 5) is 23.4. The highest BCUT2D eigenvalue weighted by molar-refractivity contribution is 7.47. The highest BCUT2D eigenvalue weighted by Gasteiger charge is 2.28. The monoisotopic (exact) mass is 1150 g/mol. The molecule has 0 rings (SSSR count). The van der Waals surface area contributed by atoms with E-state index in [1.165, 1.54) is 283 Å². The van der Waals surface area contributed by atoms with Gasteiger partial charge in [0.15, 0.2) is 0 Å². The summed E-state index contributed by atoms with van der Waals surface area (Å²) in [5.74, 6) is -0.136. The van der Waals surface area contributed by atoms with Crippen LogP contribution in [-0.2, 0) is 18.4 Å². The fraction of sp³-hybridized carbons (Fsp3) is 0.901. The third-order valence-electron chi connectivity index (χ3n) is 16.4. The first kappa shape index (κ1) is 78.7. The molecule has 3 unspecified atom stereocenters. The van der Waals surface area contributed by atoms with Crippen molar-refractivity contribution in [2.24, 2.45) is 0 Å². The number of phosphoric ester groups is 1. The van der Waals surface area contributed by atoms with Crippen molar-refractivity contribution in [2.45, 2.75) is 373 Å². The second kappa shape index (κ2) is 62.3. The zero-order chi connectivity index (χ0) is 58.4. The normalized spacial score (nSPS) is 13.8. The van der Waals surface area contributed by atoms with E-state index >= 15 is 0 Å². The van der Waals surface area contributed by atoms with Crippen LogP contribution in [0.5, 0.6) is 0 Å². The van der Waals surface area contributed by atoms with Crippen LogP contribution in [0.3, 0.4) is 0 Å². The quantitative estimate of drug-likeness (QED) is 0.0243. The second-order valence-electron chi connectivity index (χ2n) is 25.6. The molecule has 8 nitrogen and oxygen atoms in total. The third-order valence-corrected chi connectivity index (χ3v) is 17.4. The molecular formula is C71H140N2O6P+. The first-order valence-corrected chi connectivity index (χ1v) is 36.8. The van der Waals surface area contributed by atoms with E-state index in [-0.39, 0.29) is 19.1 Å². The van der Waals surface area contributed by atoms with Crippen LogP contribution in [-0.4, -0.2) is 73.4 Å². The molecule has 0 aromatic heterocycles. The number of quaternary nitrogens is 1. The fourth-order valence-corrected chi connectivity index (χ4v) is 11.6. The molecule has 0 saturated carbocycles. The number of hydrogen-bond donors (Lipinski definition) is 3. The lowest BCUT2D eigenvalue weighted by Crippen LogP contribution is -2.46. The summed E-state index contributed by atoms with van der Waals surface area (Å²) in [6, 6.07) is -0.760. The van der Waals surface area contributed by atoms with E-state index in [1.807, 2.05) is 21.1 Å². The van der Waals surface area contributed by atoms with Crippen molar-refractivity contribution < 1.29 is 32.9 Å². The highest BCUT2D eigenvalue weighted by atomic mass is 31.2. The molecule has 9 heteroatoms. The number of likely N-dealkylation sites (N-methyl/N-ethyl adjacent to an activating group) is 1. The van der Waals surface area contributed by atoms with Crippen LogP contribution in [0.15, 0.2) is 36.5 Å². The molecule has 0 spiro atoms. The number of aliphatic hydroxyl groups excluding tert-OH is 1. The van der Waals surface area contributed by atoms with Crippen molar-refractivity contribution in [3.8, 4) is 0 Å². The van der Waals surface area contributed by atoms with Crippen LogP contribution in [0.1, 0.15) is 361 Å². The van der Waals surface area contributed by atoms with Crippen molar-refractivity contribution in [3.63, 3.8) is 0 Å². The van der Waals surface area contributed by atoms with Crippen LogP contribution in [0.2, 0.25) is 0 Å². The van der Waals surface area contributed by atoms with Gasteiger partial charge >= 0.3 is 7.82 Å². The van der Waals surface area contributed by atoms with Crippen LogP contribution in [0.4, 0.5) is 0 Å². The maximum Gasteiger partial charge on any atom is 0.472 e. The molecule has 80 heavy (non-hydrogen) atoms. The first-order valence-electron chi connectivity index (χ1n) is 35.4. The SMILES string of the molecule is CCCCCCC/C=C\C/C=C\C/C=C\CCCCCCCCCCCCCCCCCCCCCCCCC(=O)NC(COP(=O)(O)OCC[N+](C)(C)C)C(O)CCCCCCCCCCCCCCCCCCCCCCC. The Morgan fingerprint density at radius 2 is 0.713 bits per heavy atom. The number of hydrogen-bond acceptors (Lipinski definition) is 5. The first-order chi connectivity index (χ1) is 39.0. The number of carbonyl (C=O) groups is 1. The number of nitrogens with one attached hydrogen (secondary N) is 1. The molecule has 0 aliphatic rings. The molecule has 0 fully saturated rings. The van der Waals surface area contributed by atoms with Crippen molar-refractivity contribution >= 4 is 13.7 Å². The number of nitrogens with zero attached hydrogens (tertiary/aromatic N) is 1. The standard InChI is InChI=1S/C71H139N2O6P/c1-6-8-10-12-14-16-18-20-22-24-26-28-29-30-31-32-33-34-35-36-37-38-39-40-41-42-43-45-47-49-51-53-55-57-59-61-63-65-71(75)72-69(68-79-80(76,77)78-67-66-73(3,4)5)70(74)64-62-60-58-56-54-52-50-48-46-44-27-25-23-21-19-17-15-13-11-9-7-2/h18,20,24,26,29-30,69-70,74H,6-17,19,21-23,25,27-28,31-68H2,1-5H3,(H-,72,75,76,77)/p+1/b20-18-,26-24-,30-29-. The number of unbranched alkanes of at least 4 members (excludes halogenated alkanes) is 47. The Balaban J connectivity index is 3.94. The van der Waals surface area contributed by atoms with Gasteiger partial charge in [-0.1, -0.05) is 339 Å². The fourth-order valence-electron chi connectivity index (χ4n) is 10.9. The number of aliphatic hydroxyl groups is 1. The van der Waals surface area contributed by atoms with Crippen LogP contribution >= 0.6 is 7.82 Å². The zero-order valence-electron chi connectivity index (χ0n) is 54.3. The molecule has 3 N–H and O–H groups in total. The molecule has 0 radical (unpaired) electrons. The van der Waals surface area contributed by atoms with E-state index in [2.05, 4.69) is 55.6 Å². The molecule has 0 aliphatic carbocycles. The third kappa shape index (κ3) is 64.3. The number of allylic oxidation sites excluding steroid dienone is 6. The maximum absolute atomic E-state index is 13.1. The molecule has 0 aromatic carbocycles. The average Bonchev–Trinajstić information content (AvgIpc) is 3.42. The van der Waals surface area contributed by atoms with Gasteiger partial charge in [0.2, 0.25) is 5.91 Å². The molecule has 474 valence electrons. The Hall–Kier alpha value is -1.28. The Labute approximate surface area is 499 Å². The average molecular weight is 1150 g/mol. The number of rotatable bonds is 66. The number of amides is 1. The Morgan fingerprint density at radius 3 is 1.04 bits per heavy atom.